The van der Waals surface area contributed by atoms with Crippen LogP contribution in [0.2, 0.25) is 0 Å². The van der Waals surface area contributed by atoms with Gasteiger partial charge in [0.25, 0.3) is 0 Å². The van der Waals surface area contributed by atoms with E-state index in [-0.39, 0.29) is 5.75 Å². The summed E-state index contributed by atoms with van der Waals surface area (Å²) in [5.41, 5.74) is -3.13. The van der Waals surface area contributed by atoms with E-state index in [9.17, 15) is 57.1 Å². The molecule has 32 heavy (non-hydrogen) atoms. The summed E-state index contributed by atoms with van der Waals surface area (Å²) in [6.07, 6.45) is -9.99. The monoisotopic (exact) mass is 498 g/mol. The maximum atomic E-state index is 14.3. The van der Waals surface area contributed by atoms with Gasteiger partial charge < -0.3 is 9.47 Å². The van der Waals surface area contributed by atoms with E-state index in [1.807, 2.05) is 0 Å². The van der Waals surface area contributed by atoms with Crippen molar-refractivity contribution in [2.24, 2.45) is 0 Å². The molecule has 0 aliphatic rings. The van der Waals surface area contributed by atoms with Crippen LogP contribution in [-0.4, -0.2) is 50.0 Å². The molecule has 0 bridgehead atoms. The van der Waals surface area contributed by atoms with Crippen molar-refractivity contribution in [3.63, 3.8) is 0 Å². The number of hydrogen-bond donors (Lipinski definition) is 0. The molecular weight excluding hydrogens is 483 g/mol. The zero-order valence-corrected chi connectivity index (χ0v) is 16.2. The van der Waals surface area contributed by atoms with Gasteiger partial charge in [0.2, 0.25) is 0 Å². The van der Waals surface area contributed by atoms with E-state index >= 15 is 0 Å². The molecule has 0 heterocycles. The molecule has 1 atom stereocenters. The Morgan fingerprint density at radius 1 is 0.656 bits per heavy atom. The van der Waals surface area contributed by atoms with Crippen LogP contribution in [0.5, 0.6) is 5.75 Å². The molecule has 15 heteroatoms. The average Bonchev–Trinajstić information content (AvgIpc) is 2.65. The minimum Gasteiger partial charge on any atom is -0.496 e. The first-order valence-corrected chi connectivity index (χ1v) is 8.22. The number of alkyl halides is 13. The zero-order valence-electron chi connectivity index (χ0n) is 16.2. The van der Waals surface area contributed by atoms with Crippen LogP contribution in [0.3, 0.4) is 0 Å². The minimum absolute atomic E-state index is 0.295. The Morgan fingerprint density at radius 3 is 1.50 bits per heavy atom. The summed E-state index contributed by atoms with van der Waals surface area (Å²) in [6.45, 7) is 0.634. The lowest BCUT2D eigenvalue weighted by Gasteiger charge is -2.42. The number of rotatable bonds is 9. The van der Waals surface area contributed by atoms with Crippen molar-refractivity contribution in [2.75, 3.05) is 14.2 Å². The Labute approximate surface area is 172 Å². The zero-order chi connectivity index (χ0) is 25.6. The van der Waals surface area contributed by atoms with Gasteiger partial charge in [-0.05, 0) is 13.0 Å². The normalized spacial score (nSPS) is 16.6. The average molecular weight is 498 g/mol. The number of para-hydroxylation sites is 1. The van der Waals surface area contributed by atoms with E-state index in [1.165, 1.54) is 6.07 Å². The van der Waals surface area contributed by atoms with Crippen molar-refractivity contribution < 1.29 is 66.5 Å². The summed E-state index contributed by atoms with van der Waals surface area (Å²) in [7, 11) is 1.64. The fraction of sp³-hybridized carbons (Fsp3) is 0.647. The van der Waals surface area contributed by atoms with E-state index in [0.717, 1.165) is 25.3 Å². The highest BCUT2D eigenvalue weighted by Gasteiger charge is 2.90. The molecule has 2 nitrogen and oxygen atoms in total. The molecule has 0 aromatic heterocycles. The SMILES string of the molecule is COc1ccccc1C(C)(CC(F)(F)C(F)(F)C(F)(F)C(F)(F)C(F)(F)C(F)(F)F)OC. The molecule has 1 rings (SSSR count). The van der Waals surface area contributed by atoms with Gasteiger partial charge in [-0.15, -0.1) is 0 Å². The van der Waals surface area contributed by atoms with Crippen LogP contribution in [0.25, 0.3) is 0 Å². The lowest BCUT2D eigenvalue weighted by molar-refractivity contribution is -0.441. The van der Waals surface area contributed by atoms with E-state index in [1.54, 1.807) is 0 Å². The first-order chi connectivity index (χ1) is 14.1. The first-order valence-electron chi connectivity index (χ1n) is 8.22. The molecule has 186 valence electrons. The summed E-state index contributed by atoms with van der Waals surface area (Å²) in [6, 6.07) is 4.49. The lowest BCUT2D eigenvalue weighted by Crippen LogP contribution is -2.70. The van der Waals surface area contributed by atoms with Crippen LogP contribution < -0.4 is 4.74 Å². The van der Waals surface area contributed by atoms with E-state index in [0.29, 0.717) is 14.0 Å². The molecule has 0 saturated heterocycles. The molecule has 1 aromatic rings. The molecule has 0 amide bonds. The van der Waals surface area contributed by atoms with Crippen molar-refractivity contribution in [3.05, 3.63) is 29.8 Å². The van der Waals surface area contributed by atoms with Crippen molar-refractivity contribution in [1.82, 2.24) is 0 Å². The van der Waals surface area contributed by atoms with Crippen molar-refractivity contribution in [1.29, 1.82) is 0 Å². The van der Waals surface area contributed by atoms with Gasteiger partial charge >= 0.3 is 35.8 Å². The predicted molar refractivity (Wildman–Crippen MR) is 82.8 cm³/mol. The lowest BCUT2D eigenvalue weighted by atomic mass is 9.83. The third-order valence-corrected chi connectivity index (χ3v) is 4.69. The summed E-state index contributed by atoms with van der Waals surface area (Å²) in [4.78, 5) is 0. The summed E-state index contributed by atoms with van der Waals surface area (Å²) >= 11 is 0. The molecule has 0 radical (unpaired) electrons. The Balaban J connectivity index is 3.56. The Hall–Kier alpha value is -1.93. The third-order valence-electron chi connectivity index (χ3n) is 4.69. The minimum atomic E-state index is -7.95. The quantitative estimate of drug-likeness (QED) is 0.354. The second-order valence-corrected chi connectivity index (χ2v) is 6.81. The molecule has 1 aromatic carbocycles. The second-order valence-electron chi connectivity index (χ2n) is 6.81. The molecule has 0 spiro atoms. The van der Waals surface area contributed by atoms with Crippen LogP contribution in [0.15, 0.2) is 24.3 Å². The van der Waals surface area contributed by atoms with Crippen molar-refractivity contribution in [3.8, 4) is 5.75 Å². The van der Waals surface area contributed by atoms with Crippen LogP contribution in [-0.2, 0) is 10.3 Å². The highest BCUT2D eigenvalue weighted by molar-refractivity contribution is 5.38. The van der Waals surface area contributed by atoms with Crippen molar-refractivity contribution in [2.45, 2.75) is 54.7 Å². The summed E-state index contributed by atoms with van der Waals surface area (Å²) < 4.78 is 182. The smallest absolute Gasteiger partial charge is 0.460 e. The molecule has 0 aliphatic carbocycles. The van der Waals surface area contributed by atoms with Crippen LogP contribution in [0.4, 0.5) is 57.1 Å². The Morgan fingerprint density at radius 2 is 1.09 bits per heavy atom. The molecule has 0 saturated carbocycles. The van der Waals surface area contributed by atoms with Gasteiger partial charge in [0.05, 0.1) is 19.1 Å². The van der Waals surface area contributed by atoms with Gasteiger partial charge in [-0.3, -0.25) is 0 Å². The van der Waals surface area contributed by atoms with Crippen molar-refractivity contribution >= 4 is 0 Å². The molecule has 0 fully saturated rings. The van der Waals surface area contributed by atoms with Gasteiger partial charge in [-0.2, -0.15) is 57.1 Å². The Kier molecular flexibility index (Phi) is 7.14. The van der Waals surface area contributed by atoms with Gasteiger partial charge in [0, 0.05) is 12.7 Å². The third kappa shape index (κ3) is 4.07. The summed E-state index contributed by atoms with van der Waals surface area (Å²) in [5, 5.41) is 0. The van der Waals surface area contributed by atoms with Gasteiger partial charge in [0.15, 0.2) is 0 Å². The van der Waals surface area contributed by atoms with E-state index < -0.39 is 53.4 Å². The van der Waals surface area contributed by atoms with Gasteiger partial charge in [0.1, 0.15) is 5.75 Å². The number of ether oxygens (including phenoxy) is 2. The standard InChI is InChI=1S/C17H15F13O2/c1-11(32-3,9-6-4-5-7-10(9)31-2)8-12(18,19)13(20,21)14(22,23)15(24,25)16(26,27)17(28,29)30/h4-7H,8H2,1-3H3. The Bertz CT molecular complexity index is 804. The first kappa shape index (κ1) is 28.1. The van der Waals surface area contributed by atoms with Gasteiger partial charge in [-0.25, -0.2) is 0 Å². The fourth-order valence-corrected chi connectivity index (χ4v) is 2.70. The van der Waals surface area contributed by atoms with Crippen LogP contribution in [0.1, 0.15) is 18.9 Å². The number of halogens is 13. The summed E-state index contributed by atoms with van der Waals surface area (Å²) in [5.74, 6) is -37.5. The maximum Gasteiger partial charge on any atom is 0.460 e. The highest BCUT2D eigenvalue weighted by Crippen LogP contribution is 2.61. The number of methoxy groups -OCH3 is 2. The highest BCUT2D eigenvalue weighted by atomic mass is 19.4. The molecular formula is C17H15F13O2. The van der Waals surface area contributed by atoms with Crippen LogP contribution in [0, 0.1) is 0 Å². The molecule has 0 N–H and O–H groups in total. The number of hydrogen-bond acceptors (Lipinski definition) is 2. The second kappa shape index (κ2) is 8.13. The fourth-order valence-electron chi connectivity index (χ4n) is 2.70. The topological polar surface area (TPSA) is 18.5 Å². The van der Waals surface area contributed by atoms with Gasteiger partial charge in [-0.1, -0.05) is 18.2 Å². The molecule has 1 unspecified atom stereocenters. The maximum absolute atomic E-state index is 14.3. The largest absolute Gasteiger partial charge is 0.496 e. The molecule has 0 aliphatic heterocycles. The van der Waals surface area contributed by atoms with E-state index in [4.69, 9.17) is 4.74 Å². The van der Waals surface area contributed by atoms with Crippen LogP contribution >= 0.6 is 0 Å². The van der Waals surface area contributed by atoms with E-state index in [2.05, 4.69) is 4.74 Å². The predicted octanol–water partition coefficient (Wildman–Crippen LogP) is 6.69. The number of benzene rings is 1.